The van der Waals surface area contributed by atoms with Gasteiger partial charge in [0.05, 0.1) is 33.3 Å². The molecule has 0 spiro atoms. The largest absolute Gasteiger partial charge is 0.497 e. The molecular weight excluding hydrogens is 498 g/mol. The number of rotatable bonds is 14. The van der Waals surface area contributed by atoms with E-state index >= 15 is 0 Å². The average molecular weight is 536 g/mol. The Bertz CT molecular complexity index is 1150. The first-order valence-electron chi connectivity index (χ1n) is 12.0. The fraction of sp³-hybridized carbons (Fsp3) is 0.462. The number of nitrogens with one attached hydrogen (secondary N) is 1. The molecule has 0 aliphatic carbocycles. The van der Waals surface area contributed by atoms with Crippen LogP contribution in [-0.2, 0) is 26.2 Å². The van der Waals surface area contributed by atoms with E-state index in [9.17, 15) is 18.0 Å². The van der Waals surface area contributed by atoms with Crippen LogP contribution in [0.1, 0.15) is 32.3 Å². The van der Waals surface area contributed by atoms with Gasteiger partial charge in [0.25, 0.3) is 0 Å². The molecule has 0 fully saturated rings. The highest BCUT2D eigenvalue weighted by Gasteiger charge is 2.31. The van der Waals surface area contributed by atoms with Crippen molar-refractivity contribution in [2.75, 3.05) is 45.0 Å². The van der Waals surface area contributed by atoms with Crippen molar-refractivity contribution in [1.82, 2.24) is 10.2 Å². The highest BCUT2D eigenvalue weighted by Crippen LogP contribution is 2.33. The summed E-state index contributed by atoms with van der Waals surface area (Å²) in [6.07, 6.45) is 2.73. The van der Waals surface area contributed by atoms with E-state index in [1.54, 1.807) is 44.4 Å². The summed E-state index contributed by atoms with van der Waals surface area (Å²) in [5.41, 5.74) is 0.943. The summed E-state index contributed by atoms with van der Waals surface area (Å²) in [6.45, 7) is 3.71. The summed E-state index contributed by atoms with van der Waals surface area (Å²) < 4.78 is 42.3. The SMILES string of the molecule is CCCCNC(=O)C(C)N(Cc1ccc(OC)cc1)C(=O)CN(c1ccc(OC)cc1OC)S(C)(=O)=O. The maximum Gasteiger partial charge on any atom is 0.244 e. The first kappa shape index (κ1) is 29.8. The molecule has 11 heteroatoms. The van der Waals surface area contributed by atoms with Crippen LogP contribution in [0, 0.1) is 0 Å². The van der Waals surface area contributed by atoms with Gasteiger partial charge in [-0.25, -0.2) is 8.42 Å². The lowest BCUT2D eigenvalue weighted by Gasteiger charge is -2.32. The number of anilines is 1. The maximum absolute atomic E-state index is 13.6. The van der Waals surface area contributed by atoms with Gasteiger partial charge in [-0.3, -0.25) is 13.9 Å². The molecule has 1 unspecified atom stereocenters. The lowest BCUT2D eigenvalue weighted by atomic mass is 10.1. The molecule has 0 aromatic heterocycles. The minimum Gasteiger partial charge on any atom is -0.497 e. The number of sulfonamides is 1. The van der Waals surface area contributed by atoms with Crippen LogP contribution in [0.25, 0.3) is 0 Å². The van der Waals surface area contributed by atoms with Gasteiger partial charge in [-0.05, 0) is 43.2 Å². The number of carbonyl (C=O) groups is 2. The highest BCUT2D eigenvalue weighted by molar-refractivity contribution is 7.92. The van der Waals surface area contributed by atoms with Crippen molar-refractivity contribution in [3.05, 3.63) is 48.0 Å². The number of hydrogen-bond acceptors (Lipinski definition) is 7. The molecule has 2 aromatic rings. The molecule has 0 radical (unpaired) electrons. The summed E-state index contributed by atoms with van der Waals surface area (Å²) in [5, 5.41) is 2.85. The maximum atomic E-state index is 13.6. The zero-order valence-electron chi connectivity index (χ0n) is 22.3. The number of hydrogen-bond donors (Lipinski definition) is 1. The second kappa shape index (κ2) is 13.7. The summed E-state index contributed by atoms with van der Waals surface area (Å²) >= 11 is 0. The molecule has 0 saturated carbocycles. The van der Waals surface area contributed by atoms with E-state index in [0.29, 0.717) is 18.0 Å². The molecule has 1 atom stereocenters. The van der Waals surface area contributed by atoms with Gasteiger partial charge in [0.1, 0.15) is 29.8 Å². The van der Waals surface area contributed by atoms with Crippen molar-refractivity contribution in [3.8, 4) is 17.2 Å². The van der Waals surface area contributed by atoms with Crippen molar-refractivity contribution in [3.63, 3.8) is 0 Å². The van der Waals surface area contributed by atoms with Gasteiger partial charge >= 0.3 is 0 Å². The fourth-order valence-corrected chi connectivity index (χ4v) is 4.49. The van der Waals surface area contributed by atoms with Gasteiger partial charge in [0, 0.05) is 19.2 Å². The Morgan fingerprint density at radius 3 is 2.14 bits per heavy atom. The summed E-state index contributed by atoms with van der Waals surface area (Å²) in [7, 11) is 0.545. The van der Waals surface area contributed by atoms with E-state index in [4.69, 9.17) is 14.2 Å². The van der Waals surface area contributed by atoms with Crippen molar-refractivity contribution in [2.24, 2.45) is 0 Å². The minimum atomic E-state index is -3.90. The Morgan fingerprint density at radius 2 is 1.59 bits per heavy atom. The molecule has 0 heterocycles. The first-order valence-corrected chi connectivity index (χ1v) is 13.8. The molecule has 2 rings (SSSR count). The number of nitrogens with zero attached hydrogens (tertiary/aromatic N) is 2. The zero-order valence-corrected chi connectivity index (χ0v) is 23.1. The van der Waals surface area contributed by atoms with Gasteiger partial charge in [-0.2, -0.15) is 0 Å². The molecule has 1 N–H and O–H groups in total. The monoisotopic (exact) mass is 535 g/mol. The third-order valence-electron chi connectivity index (χ3n) is 5.84. The van der Waals surface area contributed by atoms with Crippen LogP contribution in [0.2, 0.25) is 0 Å². The number of methoxy groups -OCH3 is 3. The standard InChI is InChI=1S/C26H37N3O7S/c1-7-8-15-27-26(31)19(2)28(17-20-9-11-21(34-3)12-10-20)25(30)18-29(37(6,32)33)23-14-13-22(35-4)16-24(23)36-5/h9-14,16,19H,7-8,15,17-18H2,1-6H3,(H,27,31). The Balaban J connectivity index is 2.42. The number of amides is 2. The lowest BCUT2D eigenvalue weighted by Crippen LogP contribution is -2.51. The van der Waals surface area contributed by atoms with E-state index in [1.165, 1.54) is 31.3 Å². The first-order chi connectivity index (χ1) is 17.5. The minimum absolute atomic E-state index is 0.0997. The van der Waals surface area contributed by atoms with Gasteiger partial charge in [-0.1, -0.05) is 25.5 Å². The Kier molecular flexibility index (Phi) is 11.0. The van der Waals surface area contributed by atoms with Crippen LogP contribution in [0.3, 0.4) is 0 Å². The summed E-state index contributed by atoms with van der Waals surface area (Å²) in [5.74, 6) is 0.492. The quantitative estimate of drug-likeness (QED) is 0.370. The molecule has 0 saturated heterocycles. The van der Waals surface area contributed by atoms with Crippen LogP contribution < -0.4 is 23.8 Å². The van der Waals surface area contributed by atoms with E-state index in [0.717, 1.165) is 29.0 Å². The van der Waals surface area contributed by atoms with Crippen molar-refractivity contribution in [2.45, 2.75) is 39.3 Å². The lowest BCUT2D eigenvalue weighted by molar-refractivity contribution is -0.139. The van der Waals surface area contributed by atoms with E-state index < -0.39 is 28.5 Å². The molecule has 2 aromatic carbocycles. The Labute approximate surface area is 219 Å². The van der Waals surface area contributed by atoms with Crippen LogP contribution in [0.15, 0.2) is 42.5 Å². The van der Waals surface area contributed by atoms with E-state index in [-0.39, 0.29) is 23.9 Å². The number of carbonyl (C=O) groups excluding carboxylic acids is 2. The van der Waals surface area contributed by atoms with E-state index in [1.807, 2.05) is 6.92 Å². The normalized spacial score (nSPS) is 11.8. The van der Waals surface area contributed by atoms with Crippen molar-refractivity contribution >= 4 is 27.5 Å². The molecule has 204 valence electrons. The Hall–Kier alpha value is -3.47. The third-order valence-corrected chi connectivity index (χ3v) is 6.97. The van der Waals surface area contributed by atoms with E-state index in [2.05, 4.69) is 5.32 Å². The molecule has 0 bridgehead atoms. The zero-order chi connectivity index (χ0) is 27.6. The summed E-state index contributed by atoms with van der Waals surface area (Å²) in [4.78, 5) is 27.9. The van der Waals surface area contributed by atoms with Crippen LogP contribution in [0.5, 0.6) is 17.2 Å². The molecule has 10 nitrogen and oxygen atoms in total. The predicted molar refractivity (Wildman–Crippen MR) is 143 cm³/mol. The molecule has 2 amide bonds. The Morgan fingerprint density at radius 1 is 0.973 bits per heavy atom. The summed E-state index contributed by atoms with van der Waals surface area (Å²) in [6, 6.07) is 10.9. The second-order valence-electron chi connectivity index (χ2n) is 8.50. The van der Waals surface area contributed by atoms with Gasteiger partial charge < -0.3 is 24.4 Å². The molecule has 0 aliphatic rings. The van der Waals surface area contributed by atoms with Crippen LogP contribution in [-0.4, -0.2) is 71.8 Å². The molecule has 37 heavy (non-hydrogen) atoms. The van der Waals surface area contributed by atoms with Crippen molar-refractivity contribution < 1.29 is 32.2 Å². The van der Waals surface area contributed by atoms with Gasteiger partial charge in [0.2, 0.25) is 21.8 Å². The smallest absolute Gasteiger partial charge is 0.244 e. The highest BCUT2D eigenvalue weighted by atomic mass is 32.2. The topological polar surface area (TPSA) is 114 Å². The third kappa shape index (κ3) is 8.28. The predicted octanol–water partition coefficient (Wildman–Crippen LogP) is 2.81. The van der Waals surface area contributed by atoms with Crippen LogP contribution >= 0.6 is 0 Å². The molecular formula is C26H37N3O7S. The number of benzene rings is 2. The van der Waals surface area contributed by atoms with Gasteiger partial charge in [-0.15, -0.1) is 0 Å². The number of ether oxygens (including phenoxy) is 3. The second-order valence-corrected chi connectivity index (χ2v) is 10.4. The number of unbranched alkanes of at least 4 members (excludes halogenated alkanes) is 1. The van der Waals surface area contributed by atoms with Crippen molar-refractivity contribution in [1.29, 1.82) is 0 Å². The van der Waals surface area contributed by atoms with Gasteiger partial charge in [0.15, 0.2) is 0 Å². The molecule has 0 aliphatic heterocycles. The van der Waals surface area contributed by atoms with Crippen LogP contribution in [0.4, 0.5) is 5.69 Å². The average Bonchev–Trinajstić information content (AvgIpc) is 2.89. The fourth-order valence-electron chi connectivity index (χ4n) is 3.63.